The molecule has 0 saturated heterocycles. The number of aliphatic hydroxyl groups excluding tert-OH is 1. The highest BCUT2D eigenvalue weighted by Crippen LogP contribution is 2.40. The summed E-state index contributed by atoms with van der Waals surface area (Å²) in [6.45, 7) is 12.4. The number of rotatable bonds is 7. The third-order valence-electron chi connectivity index (χ3n) is 4.72. The molecular weight excluding hydrogens is 332 g/mol. The summed E-state index contributed by atoms with van der Waals surface area (Å²) in [4.78, 5) is 10.5. The molecule has 0 amide bonds. The Kier molecular flexibility index (Phi) is 9.17. The van der Waals surface area contributed by atoms with E-state index in [4.69, 9.17) is 0 Å². The lowest BCUT2D eigenvalue weighted by molar-refractivity contribution is -0.104. The van der Waals surface area contributed by atoms with Crippen molar-refractivity contribution < 1.29 is 9.90 Å². The second-order valence-corrected chi connectivity index (χ2v) is 8.07. The van der Waals surface area contributed by atoms with E-state index < -0.39 is 0 Å². The summed E-state index contributed by atoms with van der Waals surface area (Å²) in [5, 5.41) is 9.99. The van der Waals surface area contributed by atoms with Gasteiger partial charge in [-0.05, 0) is 57.1 Å². The molecule has 27 heavy (non-hydrogen) atoms. The Hall–Kier alpha value is -2.19. The Morgan fingerprint density at radius 1 is 0.963 bits per heavy atom. The van der Waals surface area contributed by atoms with Crippen molar-refractivity contribution in [2.75, 3.05) is 0 Å². The smallest absolute Gasteiger partial charge is 0.145 e. The van der Waals surface area contributed by atoms with Gasteiger partial charge in [0.15, 0.2) is 0 Å². The van der Waals surface area contributed by atoms with Crippen LogP contribution in [0.4, 0.5) is 0 Å². The van der Waals surface area contributed by atoms with Gasteiger partial charge >= 0.3 is 0 Å². The highest BCUT2D eigenvalue weighted by molar-refractivity contribution is 5.72. The van der Waals surface area contributed by atoms with Gasteiger partial charge in [0.1, 0.15) is 6.29 Å². The zero-order valence-electron chi connectivity index (χ0n) is 17.6. The van der Waals surface area contributed by atoms with Crippen molar-refractivity contribution >= 4 is 6.29 Å². The molecule has 0 spiro atoms. The Balaban J connectivity index is 2.74. The molecule has 2 heteroatoms. The molecule has 1 N–H and O–H groups in total. The Labute approximate surface area is 165 Å². The fourth-order valence-corrected chi connectivity index (χ4v) is 3.31. The van der Waals surface area contributed by atoms with E-state index in [2.05, 4.69) is 52.0 Å². The molecular formula is C25H34O2. The van der Waals surface area contributed by atoms with Crippen LogP contribution in [0.15, 0.2) is 82.5 Å². The summed E-state index contributed by atoms with van der Waals surface area (Å²) >= 11 is 0. The van der Waals surface area contributed by atoms with Crippen molar-refractivity contribution in [2.45, 2.75) is 60.5 Å². The number of carbonyl (C=O) groups is 1. The maximum atomic E-state index is 10.5. The highest BCUT2D eigenvalue weighted by Gasteiger charge is 2.31. The Morgan fingerprint density at radius 2 is 1.52 bits per heavy atom. The maximum absolute atomic E-state index is 10.5. The van der Waals surface area contributed by atoms with E-state index in [1.54, 1.807) is 13.0 Å². The summed E-state index contributed by atoms with van der Waals surface area (Å²) in [7, 11) is 0. The fourth-order valence-electron chi connectivity index (χ4n) is 3.31. The lowest BCUT2D eigenvalue weighted by Crippen LogP contribution is -2.28. The first-order valence-electron chi connectivity index (χ1n) is 9.54. The van der Waals surface area contributed by atoms with E-state index in [-0.39, 0.29) is 11.5 Å². The average Bonchev–Trinajstić information content (AvgIpc) is 2.56. The number of hydrogen-bond donors (Lipinski definition) is 1. The summed E-state index contributed by atoms with van der Waals surface area (Å²) in [6, 6.07) is 0. The normalized spacial score (nSPS) is 22.5. The molecule has 0 saturated carbocycles. The van der Waals surface area contributed by atoms with Crippen LogP contribution in [0, 0.1) is 5.41 Å². The number of hydrogen-bond acceptors (Lipinski definition) is 2. The van der Waals surface area contributed by atoms with Gasteiger partial charge in [0, 0.05) is 0 Å². The minimum atomic E-state index is -0.224. The van der Waals surface area contributed by atoms with Crippen molar-refractivity contribution in [3.05, 3.63) is 82.5 Å². The van der Waals surface area contributed by atoms with E-state index in [9.17, 15) is 9.90 Å². The first-order chi connectivity index (χ1) is 12.7. The van der Waals surface area contributed by atoms with Crippen LogP contribution in [0.3, 0.4) is 0 Å². The third-order valence-corrected chi connectivity index (χ3v) is 4.72. The second kappa shape index (κ2) is 10.8. The molecule has 1 aliphatic rings. The number of carbonyl (C=O) groups excluding carboxylic acids is 1. The van der Waals surface area contributed by atoms with Crippen LogP contribution in [0.2, 0.25) is 0 Å². The second-order valence-electron chi connectivity index (χ2n) is 8.07. The van der Waals surface area contributed by atoms with Crippen LogP contribution < -0.4 is 0 Å². The minimum Gasteiger partial charge on any atom is -0.393 e. The summed E-state index contributed by atoms with van der Waals surface area (Å²) in [5.41, 5.74) is 5.65. The zero-order valence-corrected chi connectivity index (χ0v) is 17.6. The first-order valence-corrected chi connectivity index (χ1v) is 9.54. The van der Waals surface area contributed by atoms with Gasteiger partial charge in [-0.15, -0.1) is 0 Å². The van der Waals surface area contributed by atoms with Crippen LogP contribution in [-0.4, -0.2) is 17.5 Å². The lowest BCUT2D eigenvalue weighted by atomic mass is 9.71. The van der Waals surface area contributed by atoms with Crippen molar-refractivity contribution in [1.82, 2.24) is 0 Å². The van der Waals surface area contributed by atoms with Gasteiger partial charge in [-0.2, -0.15) is 0 Å². The molecule has 1 atom stereocenters. The SMILES string of the molecule is CC1=C(/C=C/C(C)=C\C=C\C(C)=C\C=C\C=C(/C)C=O)C(C)(C)CC(O)C1. The molecule has 0 aromatic heterocycles. The van der Waals surface area contributed by atoms with Gasteiger partial charge in [0.25, 0.3) is 0 Å². The molecule has 2 nitrogen and oxygen atoms in total. The van der Waals surface area contributed by atoms with Crippen LogP contribution in [0.1, 0.15) is 54.4 Å². The predicted molar refractivity (Wildman–Crippen MR) is 116 cm³/mol. The van der Waals surface area contributed by atoms with Gasteiger partial charge < -0.3 is 5.11 Å². The summed E-state index contributed by atoms with van der Waals surface area (Å²) in [5.74, 6) is 0. The average molecular weight is 367 g/mol. The molecule has 0 radical (unpaired) electrons. The Morgan fingerprint density at radius 3 is 2.11 bits per heavy atom. The van der Waals surface area contributed by atoms with E-state index in [1.807, 2.05) is 31.2 Å². The van der Waals surface area contributed by atoms with Crippen molar-refractivity contribution in [2.24, 2.45) is 5.41 Å². The highest BCUT2D eigenvalue weighted by atomic mass is 16.3. The Bertz CT molecular complexity index is 734. The molecule has 0 aromatic rings. The van der Waals surface area contributed by atoms with Gasteiger partial charge in [-0.1, -0.05) is 85.3 Å². The number of allylic oxidation sites excluding steroid dienone is 13. The standard InChI is InChI=1S/C25H34O2/c1-19(10-7-8-11-21(3)18-26)12-9-13-20(2)14-15-24-22(4)16-23(27)17-25(24,5)6/h7-15,18,23,27H,16-17H2,1-6H3/b8-7+,12-9+,15-14+,19-10+,20-13-,21-11+. The van der Waals surface area contributed by atoms with E-state index in [0.29, 0.717) is 5.57 Å². The number of aldehydes is 1. The van der Waals surface area contributed by atoms with Crippen LogP contribution in [0.25, 0.3) is 0 Å². The van der Waals surface area contributed by atoms with Crippen LogP contribution in [-0.2, 0) is 4.79 Å². The number of aliphatic hydroxyl groups is 1. The fraction of sp³-hybridized carbons (Fsp3) is 0.400. The molecule has 0 fully saturated rings. The van der Waals surface area contributed by atoms with E-state index in [1.165, 1.54) is 16.7 Å². The summed E-state index contributed by atoms with van der Waals surface area (Å²) in [6.07, 6.45) is 20.3. The minimum absolute atomic E-state index is 0.0106. The molecule has 0 heterocycles. The molecule has 0 aromatic carbocycles. The third kappa shape index (κ3) is 8.36. The predicted octanol–water partition coefficient (Wildman–Crippen LogP) is 6.19. The molecule has 1 rings (SSSR count). The monoisotopic (exact) mass is 366 g/mol. The van der Waals surface area contributed by atoms with Crippen molar-refractivity contribution in [3.8, 4) is 0 Å². The lowest BCUT2D eigenvalue weighted by Gasteiger charge is -2.35. The largest absolute Gasteiger partial charge is 0.393 e. The van der Waals surface area contributed by atoms with E-state index in [0.717, 1.165) is 24.7 Å². The van der Waals surface area contributed by atoms with Crippen molar-refractivity contribution in [1.29, 1.82) is 0 Å². The van der Waals surface area contributed by atoms with Gasteiger partial charge in [0.2, 0.25) is 0 Å². The van der Waals surface area contributed by atoms with Gasteiger partial charge in [-0.3, -0.25) is 4.79 Å². The molecule has 0 bridgehead atoms. The maximum Gasteiger partial charge on any atom is 0.145 e. The quantitative estimate of drug-likeness (QED) is 0.331. The van der Waals surface area contributed by atoms with Crippen LogP contribution >= 0.6 is 0 Å². The van der Waals surface area contributed by atoms with Crippen molar-refractivity contribution in [3.63, 3.8) is 0 Å². The van der Waals surface area contributed by atoms with Crippen LogP contribution in [0.5, 0.6) is 0 Å². The molecule has 1 aliphatic carbocycles. The molecule has 1 unspecified atom stereocenters. The van der Waals surface area contributed by atoms with Gasteiger partial charge in [0.05, 0.1) is 6.10 Å². The molecule has 146 valence electrons. The topological polar surface area (TPSA) is 37.3 Å². The van der Waals surface area contributed by atoms with Gasteiger partial charge in [-0.25, -0.2) is 0 Å². The molecule has 0 aliphatic heterocycles. The van der Waals surface area contributed by atoms with E-state index >= 15 is 0 Å². The first kappa shape index (κ1) is 22.9. The summed E-state index contributed by atoms with van der Waals surface area (Å²) < 4.78 is 0. The zero-order chi connectivity index (χ0) is 20.4.